The topological polar surface area (TPSA) is 63.8 Å². The van der Waals surface area contributed by atoms with Crippen molar-refractivity contribution in [2.75, 3.05) is 12.4 Å². The lowest BCUT2D eigenvalue weighted by molar-refractivity contribution is -0.144. The summed E-state index contributed by atoms with van der Waals surface area (Å²) in [6.45, 7) is -1.03. The molecule has 17 heavy (non-hydrogen) atoms. The van der Waals surface area contributed by atoms with Crippen LogP contribution in [0.5, 0.6) is 0 Å². The molecule has 0 aliphatic heterocycles. The monoisotopic (exact) mass is 270 g/mol. The summed E-state index contributed by atoms with van der Waals surface area (Å²) < 4.78 is 37.1. The summed E-state index contributed by atoms with van der Waals surface area (Å²) in [4.78, 5) is 0. The molecule has 0 atom stereocenters. The molecule has 0 amide bonds. The Morgan fingerprint density at radius 2 is 2.00 bits per heavy atom. The number of hydrogen-bond acceptors (Lipinski definition) is 5. The van der Waals surface area contributed by atoms with Crippen molar-refractivity contribution in [1.82, 2.24) is 20.2 Å². The molecule has 5 nitrogen and oxygen atoms in total. The van der Waals surface area contributed by atoms with E-state index >= 15 is 0 Å². The van der Waals surface area contributed by atoms with Gasteiger partial charge in [-0.1, -0.05) is 18.2 Å². The quantitative estimate of drug-likeness (QED) is 0.600. The molecule has 1 heterocycles. The molecule has 0 fully saturated rings. The number of tetrazole rings is 1. The number of aliphatic hydroxyl groups excluding tert-OH is 1. The zero-order valence-electron chi connectivity index (χ0n) is 9.02. The number of alkyl halides is 3. The second-order valence-corrected chi connectivity index (χ2v) is 4.43. The van der Waals surface area contributed by atoms with Gasteiger partial charge in [0.2, 0.25) is 5.16 Å². The first-order valence-electron chi connectivity index (χ1n) is 5.09. The van der Waals surface area contributed by atoms with E-state index < -0.39 is 12.7 Å². The number of nitrogens with zero attached hydrogens (tertiary/aromatic N) is 4. The molecule has 1 N–H and O–H groups in total. The Labute approximate surface area is 100 Å². The molecule has 0 aliphatic carbocycles. The van der Waals surface area contributed by atoms with Crippen molar-refractivity contribution in [2.24, 2.45) is 0 Å². The Morgan fingerprint density at radius 1 is 1.24 bits per heavy atom. The Morgan fingerprint density at radius 3 is 2.65 bits per heavy atom. The van der Waals surface area contributed by atoms with E-state index in [0.29, 0.717) is 12.2 Å². The predicted octanol–water partition coefficient (Wildman–Crippen LogP) is 1.49. The van der Waals surface area contributed by atoms with Gasteiger partial charge in [0.1, 0.15) is 6.54 Å². The van der Waals surface area contributed by atoms with Crippen molar-refractivity contribution >= 4 is 11.8 Å². The molecular weight excluding hydrogens is 257 g/mol. The van der Waals surface area contributed by atoms with Gasteiger partial charge in [0, 0.05) is 12.4 Å². The lowest BCUT2D eigenvalue weighted by Crippen LogP contribution is -2.19. The molecule has 9 heteroatoms. The van der Waals surface area contributed by atoms with Crippen LogP contribution in [0.15, 0.2) is 5.16 Å². The van der Waals surface area contributed by atoms with Crippen molar-refractivity contribution in [3.63, 3.8) is 0 Å². The fourth-order valence-electron chi connectivity index (χ4n) is 1.12. The van der Waals surface area contributed by atoms with Crippen molar-refractivity contribution in [2.45, 2.75) is 37.1 Å². The maximum atomic E-state index is 12.1. The zero-order valence-corrected chi connectivity index (χ0v) is 9.84. The maximum Gasteiger partial charge on any atom is 0.408 e. The van der Waals surface area contributed by atoms with E-state index in [1.807, 2.05) is 0 Å². The summed E-state index contributed by atoms with van der Waals surface area (Å²) in [6, 6.07) is 0. The largest absolute Gasteiger partial charge is 0.408 e. The number of thioether (sulfide) groups is 1. The zero-order chi connectivity index (χ0) is 12.7. The third-order valence-corrected chi connectivity index (χ3v) is 2.91. The molecule has 0 unspecified atom stereocenters. The minimum absolute atomic E-state index is 0.135. The highest BCUT2D eigenvalue weighted by molar-refractivity contribution is 7.99. The van der Waals surface area contributed by atoms with Gasteiger partial charge in [0.25, 0.3) is 0 Å². The van der Waals surface area contributed by atoms with E-state index in [2.05, 4.69) is 15.5 Å². The van der Waals surface area contributed by atoms with E-state index in [-0.39, 0.29) is 11.8 Å². The molecule has 0 aromatic carbocycles. The van der Waals surface area contributed by atoms with Gasteiger partial charge in [0.15, 0.2) is 0 Å². The van der Waals surface area contributed by atoms with Crippen LogP contribution in [-0.4, -0.2) is 43.8 Å². The number of halogens is 3. The lowest BCUT2D eigenvalue weighted by Gasteiger charge is -2.07. The Hall–Kier alpha value is -0.830. The van der Waals surface area contributed by atoms with Gasteiger partial charge in [-0.05, 0) is 23.3 Å². The fourth-order valence-corrected chi connectivity index (χ4v) is 2.00. The Balaban J connectivity index is 2.36. The van der Waals surface area contributed by atoms with Crippen LogP contribution in [0, 0.1) is 0 Å². The van der Waals surface area contributed by atoms with Crippen LogP contribution in [0.2, 0.25) is 0 Å². The molecule has 0 saturated heterocycles. The third kappa shape index (κ3) is 5.87. The standard InChI is InChI=1S/C8H13F3N4OS/c9-8(10,11)6-15-7(12-13-14-15)17-5-3-1-2-4-16/h16H,1-6H2. The molecule has 1 aromatic heterocycles. The molecule has 0 saturated carbocycles. The smallest absolute Gasteiger partial charge is 0.396 e. The molecule has 0 bridgehead atoms. The van der Waals surface area contributed by atoms with Crippen LogP contribution in [-0.2, 0) is 6.54 Å². The second-order valence-electron chi connectivity index (χ2n) is 3.37. The number of rotatable bonds is 7. The number of hydrogen-bond donors (Lipinski definition) is 1. The lowest BCUT2D eigenvalue weighted by atomic mass is 10.3. The maximum absolute atomic E-state index is 12.1. The van der Waals surface area contributed by atoms with Crippen molar-refractivity contribution in [3.05, 3.63) is 0 Å². The molecule has 98 valence electrons. The van der Waals surface area contributed by atoms with Crippen molar-refractivity contribution in [3.8, 4) is 0 Å². The highest BCUT2D eigenvalue weighted by Crippen LogP contribution is 2.21. The average molecular weight is 270 g/mol. The Bertz CT molecular complexity index is 331. The van der Waals surface area contributed by atoms with Crippen LogP contribution in [0.1, 0.15) is 19.3 Å². The van der Waals surface area contributed by atoms with Crippen molar-refractivity contribution < 1.29 is 18.3 Å². The third-order valence-electron chi connectivity index (χ3n) is 1.86. The fraction of sp³-hybridized carbons (Fsp3) is 0.875. The van der Waals surface area contributed by atoms with Crippen LogP contribution in [0.3, 0.4) is 0 Å². The first-order valence-corrected chi connectivity index (χ1v) is 6.08. The van der Waals surface area contributed by atoms with E-state index in [4.69, 9.17) is 5.11 Å². The number of aromatic nitrogens is 4. The minimum Gasteiger partial charge on any atom is -0.396 e. The minimum atomic E-state index is -4.32. The van der Waals surface area contributed by atoms with Gasteiger partial charge in [-0.15, -0.1) is 5.10 Å². The van der Waals surface area contributed by atoms with Gasteiger partial charge in [0.05, 0.1) is 0 Å². The summed E-state index contributed by atoms with van der Waals surface area (Å²) in [7, 11) is 0. The first kappa shape index (κ1) is 14.2. The van der Waals surface area contributed by atoms with Crippen LogP contribution >= 0.6 is 11.8 Å². The summed E-state index contributed by atoms with van der Waals surface area (Å²) in [5.41, 5.74) is 0. The van der Waals surface area contributed by atoms with E-state index in [9.17, 15) is 13.2 Å². The summed E-state index contributed by atoms with van der Waals surface area (Å²) in [6.07, 6.45) is -1.97. The van der Waals surface area contributed by atoms with Crippen molar-refractivity contribution in [1.29, 1.82) is 0 Å². The van der Waals surface area contributed by atoms with Gasteiger partial charge >= 0.3 is 6.18 Å². The molecular formula is C8H13F3N4OS. The van der Waals surface area contributed by atoms with E-state index in [0.717, 1.165) is 17.5 Å². The second kappa shape index (κ2) is 6.80. The van der Waals surface area contributed by atoms with Gasteiger partial charge in [-0.25, -0.2) is 4.68 Å². The predicted molar refractivity (Wildman–Crippen MR) is 55.5 cm³/mol. The van der Waals surface area contributed by atoms with E-state index in [1.165, 1.54) is 11.8 Å². The van der Waals surface area contributed by atoms with Crippen LogP contribution in [0.25, 0.3) is 0 Å². The Kier molecular flexibility index (Phi) is 5.69. The number of aliphatic hydroxyl groups is 1. The molecule has 1 aromatic rings. The van der Waals surface area contributed by atoms with Gasteiger partial charge in [-0.2, -0.15) is 13.2 Å². The molecule has 0 radical (unpaired) electrons. The number of unbranched alkanes of at least 4 members (excludes halogenated alkanes) is 2. The van der Waals surface area contributed by atoms with Crippen LogP contribution < -0.4 is 0 Å². The van der Waals surface area contributed by atoms with Gasteiger partial charge < -0.3 is 5.11 Å². The molecule has 1 rings (SSSR count). The molecule has 0 spiro atoms. The molecule has 0 aliphatic rings. The normalized spacial score (nSPS) is 12.0. The van der Waals surface area contributed by atoms with Crippen LogP contribution in [0.4, 0.5) is 13.2 Å². The SMILES string of the molecule is OCCCCCSc1nnnn1CC(F)(F)F. The summed E-state index contributed by atoms with van der Waals surface area (Å²) in [5, 5.41) is 18.8. The summed E-state index contributed by atoms with van der Waals surface area (Å²) >= 11 is 1.19. The first-order chi connectivity index (χ1) is 8.03. The van der Waals surface area contributed by atoms with Gasteiger partial charge in [-0.3, -0.25) is 0 Å². The summed E-state index contributed by atoms with van der Waals surface area (Å²) in [5.74, 6) is 0.637. The highest BCUT2D eigenvalue weighted by atomic mass is 32.2. The highest BCUT2D eigenvalue weighted by Gasteiger charge is 2.30. The van der Waals surface area contributed by atoms with E-state index in [1.54, 1.807) is 0 Å². The average Bonchev–Trinajstić information content (AvgIpc) is 2.63.